The Labute approximate surface area is 158 Å². The first-order valence-electron chi connectivity index (χ1n) is 10.0. The third-order valence-corrected chi connectivity index (χ3v) is 5.03. The Morgan fingerprint density at radius 3 is 1.30 bits per heavy atom. The molecule has 0 aromatic carbocycles. The van der Waals surface area contributed by atoms with Gasteiger partial charge in [0.15, 0.2) is 0 Å². The quantitative estimate of drug-likeness (QED) is 0.208. The zero-order chi connectivity index (χ0) is 16.5. The van der Waals surface area contributed by atoms with E-state index in [-0.39, 0.29) is 12.4 Å². The zero-order valence-electron chi connectivity index (χ0n) is 16.2. The molecule has 0 saturated carbocycles. The molecule has 0 amide bonds. The Morgan fingerprint density at radius 2 is 0.913 bits per heavy atom. The minimum Gasteiger partial charge on any atom is -1.00 e. The lowest BCUT2D eigenvalue weighted by Gasteiger charge is -2.29. The molecule has 0 aromatic rings. The molecule has 0 spiro atoms. The maximum Gasteiger partial charge on any atom is 0.0794 e. The molecule has 0 rings (SSSR count). The fourth-order valence-electron chi connectivity index (χ4n) is 3.16. The van der Waals surface area contributed by atoms with Crippen LogP contribution in [0.25, 0.3) is 0 Å². The molecule has 0 atom stereocenters. The van der Waals surface area contributed by atoms with Gasteiger partial charge in [0.25, 0.3) is 0 Å². The van der Waals surface area contributed by atoms with Crippen LogP contribution in [0.15, 0.2) is 0 Å². The van der Waals surface area contributed by atoms with E-state index in [9.17, 15) is 0 Å². The van der Waals surface area contributed by atoms with E-state index in [1.165, 1.54) is 96.6 Å². The number of alkyl halides is 1. The predicted molar refractivity (Wildman–Crippen MR) is 103 cm³/mol. The second-order valence-corrected chi connectivity index (χ2v) is 8.05. The van der Waals surface area contributed by atoms with Crippen molar-refractivity contribution < 1.29 is 16.9 Å². The molecule has 0 aliphatic heterocycles. The van der Waals surface area contributed by atoms with Gasteiger partial charge in [-0.25, -0.2) is 0 Å². The molecule has 0 radical (unpaired) electrons. The third-order valence-electron chi connectivity index (χ3n) is 4.76. The molecular weight excluding hydrogens is 325 g/mol. The molecular formula is C20H43Cl2N. The second kappa shape index (κ2) is 18.9. The van der Waals surface area contributed by atoms with Gasteiger partial charge in [-0.2, -0.15) is 0 Å². The summed E-state index contributed by atoms with van der Waals surface area (Å²) in [5.41, 5.74) is 0. The summed E-state index contributed by atoms with van der Waals surface area (Å²) in [5.74, 6) is 0.806. The van der Waals surface area contributed by atoms with Gasteiger partial charge >= 0.3 is 0 Å². The number of unbranched alkanes of at least 4 members (excludes halogenated alkanes) is 12. The summed E-state index contributed by atoms with van der Waals surface area (Å²) in [7, 11) is 4.68. The lowest BCUT2D eigenvalue weighted by atomic mass is 10.0. The highest BCUT2D eigenvalue weighted by atomic mass is 35.5. The van der Waals surface area contributed by atoms with Gasteiger partial charge in [0.2, 0.25) is 0 Å². The van der Waals surface area contributed by atoms with Crippen molar-refractivity contribution >= 4 is 11.6 Å². The van der Waals surface area contributed by atoms with Crippen molar-refractivity contribution in [2.24, 2.45) is 0 Å². The van der Waals surface area contributed by atoms with Gasteiger partial charge in [-0.15, -0.1) is 11.6 Å². The Bertz CT molecular complexity index is 220. The van der Waals surface area contributed by atoms with Crippen LogP contribution in [0.2, 0.25) is 0 Å². The number of nitrogens with zero attached hydrogens (tertiary/aromatic N) is 1. The molecule has 0 aliphatic carbocycles. The lowest BCUT2D eigenvalue weighted by molar-refractivity contribution is -0.890. The van der Waals surface area contributed by atoms with Crippen molar-refractivity contribution in [1.82, 2.24) is 0 Å². The Balaban J connectivity index is 0. The summed E-state index contributed by atoms with van der Waals surface area (Å²) < 4.78 is 1.14. The van der Waals surface area contributed by atoms with Gasteiger partial charge in [-0.05, 0) is 12.8 Å². The average Bonchev–Trinajstić information content (AvgIpc) is 2.50. The topological polar surface area (TPSA) is 0 Å². The number of rotatable bonds is 17. The van der Waals surface area contributed by atoms with Gasteiger partial charge in [-0.1, -0.05) is 77.6 Å². The molecule has 23 heavy (non-hydrogen) atoms. The fourth-order valence-corrected chi connectivity index (χ4v) is 3.28. The van der Waals surface area contributed by atoms with E-state index in [4.69, 9.17) is 11.6 Å². The number of hydrogen-bond acceptors (Lipinski definition) is 0. The fraction of sp³-hybridized carbons (Fsp3) is 1.00. The van der Waals surface area contributed by atoms with Crippen LogP contribution < -0.4 is 12.4 Å². The summed E-state index contributed by atoms with van der Waals surface area (Å²) >= 11 is 5.78. The molecule has 142 valence electrons. The van der Waals surface area contributed by atoms with E-state index < -0.39 is 0 Å². The van der Waals surface area contributed by atoms with E-state index in [1.807, 2.05) is 0 Å². The maximum absolute atomic E-state index is 5.78. The number of hydrogen-bond donors (Lipinski definition) is 0. The van der Waals surface area contributed by atoms with Crippen molar-refractivity contribution in [2.75, 3.05) is 33.1 Å². The molecule has 0 N–H and O–H groups in total. The van der Waals surface area contributed by atoms with Crippen LogP contribution in [0, 0.1) is 0 Å². The smallest absolute Gasteiger partial charge is 0.0794 e. The first kappa shape index (κ1) is 25.8. The van der Waals surface area contributed by atoms with Crippen LogP contribution in [-0.2, 0) is 0 Å². The van der Waals surface area contributed by atoms with Gasteiger partial charge < -0.3 is 16.9 Å². The Kier molecular flexibility index (Phi) is 21.2. The molecule has 0 saturated heterocycles. The van der Waals surface area contributed by atoms with Crippen LogP contribution in [0.5, 0.6) is 0 Å². The van der Waals surface area contributed by atoms with Crippen LogP contribution >= 0.6 is 11.6 Å². The molecule has 0 aromatic heterocycles. The van der Waals surface area contributed by atoms with E-state index in [0.29, 0.717) is 0 Å². The van der Waals surface area contributed by atoms with E-state index >= 15 is 0 Å². The molecule has 0 fully saturated rings. The van der Waals surface area contributed by atoms with Gasteiger partial charge in [0.1, 0.15) is 0 Å². The monoisotopic (exact) mass is 367 g/mol. The van der Waals surface area contributed by atoms with Crippen molar-refractivity contribution in [3.8, 4) is 0 Å². The predicted octanol–water partition coefficient (Wildman–Crippen LogP) is 3.79. The zero-order valence-corrected chi connectivity index (χ0v) is 17.7. The van der Waals surface area contributed by atoms with Crippen LogP contribution in [0.4, 0.5) is 0 Å². The third kappa shape index (κ3) is 20.5. The average molecular weight is 368 g/mol. The first-order chi connectivity index (χ1) is 10.6. The molecule has 0 heterocycles. The minimum atomic E-state index is 0. The lowest BCUT2D eigenvalue weighted by Crippen LogP contribution is -3.00. The largest absolute Gasteiger partial charge is 1.00 e. The SMILES string of the molecule is CCCCCCCCCCCCCCC[N+](C)(C)CCCCl.[Cl-]. The summed E-state index contributed by atoms with van der Waals surface area (Å²) in [6.07, 6.45) is 19.9. The second-order valence-electron chi connectivity index (χ2n) is 7.67. The molecule has 0 bridgehead atoms. The van der Waals surface area contributed by atoms with Crippen molar-refractivity contribution in [2.45, 2.75) is 96.8 Å². The summed E-state index contributed by atoms with van der Waals surface area (Å²) in [5, 5.41) is 0. The van der Waals surface area contributed by atoms with Crippen molar-refractivity contribution in [3.05, 3.63) is 0 Å². The van der Waals surface area contributed by atoms with Gasteiger partial charge in [0.05, 0.1) is 27.2 Å². The molecule has 1 nitrogen and oxygen atoms in total. The van der Waals surface area contributed by atoms with E-state index in [1.54, 1.807) is 0 Å². The van der Waals surface area contributed by atoms with Crippen LogP contribution in [-0.4, -0.2) is 37.5 Å². The summed E-state index contributed by atoms with van der Waals surface area (Å²) in [4.78, 5) is 0. The highest BCUT2D eigenvalue weighted by Crippen LogP contribution is 2.13. The van der Waals surface area contributed by atoms with Crippen LogP contribution in [0.1, 0.15) is 96.8 Å². The van der Waals surface area contributed by atoms with E-state index in [2.05, 4.69) is 21.0 Å². The maximum atomic E-state index is 5.78. The van der Waals surface area contributed by atoms with E-state index in [0.717, 1.165) is 16.8 Å². The Morgan fingerprint density at radius 1 is 0.565 bits per heavy atom. The number of quaternary nitrogens is 1. The summed E-state index contributed by atoms with van der Waals surface area (Å²) in [6.45, 7) is 4.83. The van der Waals surface area contributed by atoms with Gasteiger partial charge in [-0.3, -0.25) is 0 Å². The molecule has 0 aliphatic rings. The summed E-state index contributed by atoms with van der Waals surface area (Å²) in [6, 6.07) is 0. The standard InChI is InChI=1S/C20H43ClN.ClH/c1-4-5-6-7-8-9-10-11-12-13-14-15-16-19-22(2,3)20-17-18-21;/h4-20H2,1-3H3;1H/q+1;/p-1. The van der Waals surface area contributed by atoms with Gasteiger partial charge in [0, 0.05) is 12.3 Å². The highest BCUT2D eigenvalue weighted by Gasteiger charge is 2.12. The number of halogens is 2. The Hall–Kier alpha value is 0.540. The molecule has 3 heteroatoms. The highest BCUT2D eigenvalue weighted by molar-refractivity contribution is 6.17. The normalized spacial score (nSPS) is 11.5. The van der Waals surface area contributed by atoms with Crippen molar-refractivity contribution in [3.63, 3.8) is 0 Å². The first-order valence-corrected chi connectivity index (χ1v) is 10.5. The minimum absolute atomic E-state index is 0. The molecule has 0 unspecified atom stereocenters. The van der Waals surface area contributed by atoms with Crippen LogP contribution in [0.3, 0.4) is 0 Å². The van der Waals surface area contributed by atoms with Crippen molar-refractivity contribution in [1.29, 1.82) is 0 Å².